The molecule has 23 heavy (non-hydrogen) atoms. The Morgan fingerprint density at radius 1 is 1.35 bits per heavy atom. The van der Waals surface area contributed by atoms with E-state index in [1.807, 2.05) is 0 Å². The number of hydrogen-bond donors (Lipinski definition) is 1. The summed E-state index contributed by atoms with van der Waals surface area (Å²) >= 11 is 0. The van der Waals surface area contributed by atoms with E-state index in [1.165, 1.54) is 24.3 Å². The Bertz CT molecular complexity index is 843. The lowest BCUT2D eigenvalue weighted by molar-refractivity contribution is -0.385. The maximum absolute atomic E-state index is 13.7. The second-order valence-electron chi connectivity index (χ2n) is 4.32. The number of hydrogen-bond acceptors (Lipinski definition) is 5. The summed E-state index contributed by atoms with van der Waals surface area (Å²) in [6, 6.07) is 11.0. The van der Waals surface area contributed by atoms with Crippen molar-refractivity contribution >= 4 is 17.8 Å². The Kier molecular flexibility index (Phi) is 4.74. The van der Waals surface area contributed by atoms with Gasteiger partial charge in [-0.2, -0.15) is 10.4 Å². The quantitative estimate of drug-likeness (QED) is 0.531. The van der Waals surface area contributed by atoms with E-state index in [4.69, 9.17) is 5.26 Å². The van der Waals surface area contributed by atoms with E-state index in [0.717, 1.165) is 18.3 Å². The van der Waals surface area contributed by atoms with E-state index in [9.17, 15) is 19.3 Å². The van der Waals surface area contributed by atoms with Gasteiger partial charge < -0.3 is 0 Å². The third-order valence-corrected chi connectivity index (χ3v) is 2.85. The summed E-state index contributed by atoms with van der Waals surface area (Å²) in [5.74, 6) is -1.69. The molecule has 0 aliphatic heterocycles. The minimum atomic E-state index is -0.859. The number of nitro groups is 1. The summed E-state index contributed by atoms with van der Waals surface area (Å²) < 4.78 is 13.7. The van der Waals surface area contributed by atoms with Crippen LogP contribution in [-0.2, 0) is 0 Å². The summed E-state index contributed by atoms with van der Waals surface area (Å²) in [4.78, 5) is 22.0. The van der Waals surface area contributed by atoms with Crippen LogP contribution < -0.4 is 5.43 Å². The third kappa shape index (κ3) is 3.74. The van der Waals surface area contributed by atoms with Crippen molar-refractivity contribution in [2.75, 3.05) is 0 Å². The molecule has 0 spiro atoms. The van der Waals surface area contributed by atoms with Gasteiger partial charge in [-0.3, -0.25) is 14.9 Å². The average molecular weight is 312 g/mol. The van der Waals surface area contributed by atoms with Crippen molar-refractivity contribution in [2.24, 2.45) is 5.10 Å². The molecule has 0 fully saturated rings. The molecule has 0 bridgehead atoms. The van der Waals surface area contributed by atoms with Crippen LogP contribution in [0.4, 0.5) is 10.1 Å². The largest absolute Gasteiger partial charge is 0.278 e. The minimum Gasteiger partial charge on any atom is -0.267 e. The molecule has 2 aromatic rings. The second kappa shape index (κ2) is 6.91. The third-order valence-electron chi connectivity index (χ3n) is 2.85. The standard InChI is InChI=1S/C15H9FN4O3/c16-13-7-10(8-17)5-6-12(13)15(21)19-18-9-11-3-1-2-4-14(11)20(22)23/h1-7,9H,(H,19,21)/b18-9+. The van der Waals surface area contributed by atoms with Crippen molar-refractivity contribution in [3.05, 3.63) is 75.1 Å². The number of halogens is 1. The number of rotatable bonds is 4. The number of nitrogens with one attached hydrogen (secondary N) is 1. The van der Waals surface area contributed by atoms with Crippen molar-refractivity contribution in [3.63, 3.8) is 0 Å². The highest BCUT2D eigenvalue weighted by molar-refractivity contribution is 5.95. The summed E-state index contributed by atoms with van der Waals surface area (Å²) in [6.45, 7) is 0. The van der Waals surface area contributed by atoms with E-state index >= 15 is 0 Å². The fraction of sp³-hybridized carbons (Fsp3) is 0. The molecule has 2 rings (SSSR count). The molecule has 0 aliphatic carbocycles. The van der Waals surface area contributed by atoms with Gasteiger partial charge in [0.15, 0.2) is 0 Å². The smallest absolute Gasteiger partial charge is 0.267 e. The van der Waals surface area contributed by atoms with Crippen LogP contribution >= 0.6 is 0 Å². The van der Waals surface area contributed by atoms with Crippen LogP contribution in [0, 0.1) is 27.3 Å². The van der Waals surface area contributed by atoms with Crippen LogP contribution in [0.2, 0.25) is 0 Å². The number of hydrazone groups is 1. The molecule has 1 N–H and O–H groups in total. The van der Waals surface area contributed by atoms with Crippen molar-refractivity contribution in [1.29, 1.82) is 5.26 Å². The highest BCUT2D eigenvalue weighted by Crippen LogP contribution is 2.15. The molecular formula is C15H9FN4O3. The highest BCUT2D eigenvalue weighted by atomic mass is 19.1. The zero-order valence-corrected chi connectivity index (χ0v) is 11.6. The number of carbonyl (C=O) groups is 1. The Labute approximate surface area is 129 Å². The molecule has 0 aliphatic rings. The van der Waals surface area contributed by atoms with Crippen molar-refractivity contribution < 1.29 is 14.1 Å². The summed E-state index contributed by atoms with van der Waals surface area (Å²) in [6.07, 6.45) is 1.09. The Hall–Kier alpha value is -3.60. The van der Waals surface area contributed by atoms with Crippen LogP contribution in [0.5, 0.6) is 0 Å². The van der Waals surface area contributed by atoms with E-state index in [-0.39, 0.29) is 22.4 Å². The second-order valence-corrected chi connectivity index (χ2v) is 4.32. The summed E-state index contributed by atoms with van der Waals surface area (Å²) in [5, 5.41) is 23.0. The first-order chi connectivity index (χ1) is 11.0. The van der Waals surface area contributed by atoms with E-state index in [2.05, 4.69) is 10.5 Å². The predicted molar refractivity (Wildman–Crippen MR) is 79.3 cm³/mol. The van der Waals surface area contributed by atoms with Gasteiger partial charge in [0.2, 0.25) is 0 Å². The molecule has 0 unspecified atom stereocenters. The molecule has 0 atom stereocenters. The number of carbonyl (C=O) groups excluding carboxylic acids is 1. The number of para-hydroxylation sites is 1. The normalized spacial score (nSPS) is 10.3. The van der Waals surface area contributed by atoms with Crippen molar-refractivity contribution in [2.45, 2.75) is 0 Å². The Morgan fingerprint density at radius 2 is 2.09 bits per heavy atom. The van der Waals surface area contributed by atoms with Crippen LogP contribution in [0.3, 0.4) is 0 Å². The molecular weight excluding hydrogens is 303 g/mol. The van der Waals surface area contributed by atoms with Crippen LogP contribution in [0.25, 0.3) is 0 Å². The lowest BCUT2D eigenvalue weighted by Crippen LogP contribution is -2.19. The van der Waals surface area contributed by atoms with Gasteiger partial charge in [-0.15, -0.1) is 0 Å². The first-order valence-corrected chi connectivity index (χ1v) is 6.29. The first kappa shape index (κ1) is 15.8. The first-order valence-electron chi connectivity index (χ1n) is 6.29. The SMILES string of the molecule is N#Cc1ccc(C(=O)N/N=C/c2ccccc2[N+](=O)[O-])c(F)c1. The van der Waals surface area contributed by atoms with Gasteiger partial charge in [0.25, 0.3) is 11.6 Å². The molecule has 0 heterocycles. The van der Waals surface area contributed by atoms with Gasteiger partial charge in [-0.1, -0.05) is 12.1 Å². The summed E-state index contributed by atoms with van der Waals surface area (Å²) in [5.41, 5.74) is 1.90. The van der Waals surface area contributed by atoms with Crippen LogP contribution in [-0.4, -0.2) is 17.0 Å². The van der Waals surface area contributed by atoms with Gasteiger partial charge in [-0.25, -0.2) is 9.82 Å². The minimum absolute atomic E-state index is 0.0856. The van der Waals surface area contributed by atoms with Gasteiger partial charge in [-0.05, 0) is 24.3 Å². The lowest BCUT2D eigenvalue weighted by Gasteiger charge is -2.02. The molecule has 2 aromatic carbocycles. The predicted octanol–water partition coefficient (Wildman–Crippen LogP) is 2.37. The Balaban J connectivity index is 2.14. The van der Waals surface area contributed by atoms with Gasteiger partial charge >= 0.3 is 0 Å². The maximum atomic E-state index is 13.7. The molecule has 0 radical (unpaired) electrons. The lowest BCUT2D eigenvalue weighted by atomic mass is 10.1. The van der Waals surface area contributed by atoms with E-state index < -0.39 is 16.6 Å². The monoisotopic (exact) mass is 312 g/mol. The molecule has 114 valence electrons. The maximum Gasteiger partial charge on any atom is 0.278 e. The fourth-order valence-electron chi connectivity index (χ4n) is 1.75. The van der Waals surface area contributed by atoms with Crippen molar-refractivity contribution in [1.82, 2.24) is 5.43 Å². The molecule has 1 amide bonds. The van der Waals surface area contributed by atoms with E-state index in [0.29, 0.717) is 0 Å². The van der Waals surface area contributed by atoms with Gasteiger partial charge in [0.1, 0.15) is 5.82 Å². The van der Waals surface area contributed by atoms with Crippen LogP contribution in [0.15, 0.2) is 47.6 Å². The van der Waals surface area contributed by atoms with Gasteiger partial charge in [0.05, 0.1) is 33.9 Å². The molecule has 0 saturated heterocycles. The highest BCUT2D eigenvalue weighted by Gasteiger charge is 2.12. The van der Waals surface area contributed by atoms with E-state index in [1.54, 1.807) is 12.1 Å². The molecule has 8 heteroatoms. The number of amides is 1. The number of nitrogens with zero attached hydrogens (tertiary/aromatic N) is 3. The zero-order chi connectivity index (χ0) is 16.8. The van der Waals surface area contributed by atoms with Crippen LogP contribution in [0.1, 0.15) is 21.5 Å². The summed E-state index contributed by atoms with van der Waals surface area (Å²) in [7, 11) is 0. The number of nitro benzene ring substituents is 1. The molecule has 0 aromatic heterocycles. The molecule has 7 nitrogen and oxygen atoms in total. The molecule has 0 saturated carbocycles. The number of nitriles is 1. The zero-order valence-electron chi connectivity index (χ0n) is 11.6. The van der Waals surface area contributed by atoms with Crippen molar-refractivity contribution in [3.8, 4) is 6.07 Å². The topological polar surface area (TPSA) is 108 Å². The van der Waals surface area contributed by atoms with Gasteiger partial charge in [0, 0.05) is 6.07 Å². The number of benzene rings is 2. The Morgan fingerprint density at radius 3 is 2.74 bits per heavy atom. The average Bonchev–Trinajstić information content (AvgIpc) is 2.54. The fourth-order valence-corrected chi connectivity index (χ4v) is 1.75.